The third-order valence-electron chi connectivity index (χ3n) is 3.92. The number of hydrogen-bond acceptors (Lipinski definition) is 0. The Balaban J connectivity index is 2.29. The molecule has 0 aromatic rings. The maximum Gasteiger partial charge on any atom is 0.0504 e. The van der Waals surface area contributed by atoms with E-state index < -0.39 is 8.07 Å². The molecule has 0 heterocycles. The summed E-state index contributed by atoms with van der Waals surface area (Å²) in [6, 6.07) is 1.50. The van der Waals surface area contributed by atoms with Crippen molar-refractivity contribution in [3.63, 3.8) is 0 Å². The Morgan fingerprint density at radius 2 is 1.71 bits per heavy atom. The van der Waals surface area contributed by atoms with E-state index in [1.54, 1.807) is 0 Å². The molecule has 0 aromatic carbocycles. The zero-order valence-corrected chi connectivity index (χ0v) is 11.6. The second-order valence-corrected chi connectivity index (χ2v) is 11.1. The molecule has 84 valence electrons. The van der Waals surface area contributed by atoms with Crippen LogP contribution in [0.3, 0.4) is 0 Å². The van der Waals surface area contributed by atoms with Gasteiger partial charge in [0.2, 0.25) is 0 Å². The van der Waals surface area contributed by atoms with Crippen molar-refractivity contribution in [1.82, 2.24) is 0 Å². The summed E-state index contributed by atoms with van der Waals surface area (Å²) in [5.74, 6) is 0.856. The number of hydrogen-bond donors (Lipinski definition) is 0. The molecule has 0 unspecified atom stereocenters. The van der Waals surface area contributed by atoms with Crippen LogP contribution < -0.4 is 0 Å². The fourth-order valence-electron chi connectivity index (χ4n) is 2.76. The van der Waals surface area contributed by atoms with Crippen LogP contribution in [0.4, 0.5) is 0 Å². The average molecular weight is 233 g/mol. The summed E-state index contributed by atoms with van der Waals surface area (Å²) in [5.41, 5.74) is 1.12. The molecule has 0 radical (unpaired) electrons. The van der Waals surface area contributed by atoms with E-state index in [-0.39, 0.29) is 0 Å². The minimum absolute atomic E-state index is 0.856. The van der Waals surface area contributed by atoms with Crippen LogP contribution in [-0.4, -0.2) is 14.0 Å². The summed E-state index contributed by atoms with van der Waals surface area (Å²) >= 11 is 5.73. The summed E-state index contributed by atoms with van der Waals surface area (Å²) in [6.45, 7) is 5.19. The van der Waals surface area contributed by atoms with Crippen molar-refractivity contribution in [3.05, 3.63) is 0 Å². The van der Waals surface area contributed by atoms with Gasteiger partial charge in [0, 0.05) is 5.88 Å². The van der Waals surface area contributed by atoms with Crippen LogP contribution in [0.15, 0.2) is 0 Å². The van der Waals surface area contributed by atoms with Crippen LogP contribution in [0.2, 0.25) is 24.7 Å². The molecule has 1 aliphatic carbocycles. The molecule has 1 fully saturated rings. The van der Waals surface area contributed by atoms with E-state index in [1.807, 2.05) is 0 Å². The van der Waals surface area contributed by atoms with Gasteiger partial charge in [-0.3, -0.25) is 0 Å². The molecule has 0 aromatic heterocycles. The van der Waals surface area contributed by atoms with Crippen LogP contribution in [0.1, 0.15) is 44.9 Å². The monoisotopic (exact) mass is 232 g/mol. The number of unbranched alkanes of at least 4 members (excludes halogenated alkanes) is 1. The maximum absolute atomic E-state index is 5.73. The highest BCUT2D eigenvalue weighted by Gasteiger charge is 2.31. The lowest BCUT2D eigenvalue weighted by molar-refractivity contribution is 0.490. The van der Waals surface area contributed by atoms with Gasteiger partial charge in [0.05, 0.1) is 8.07 Å². The van der Waals surface area contributed by atoms with Gasteiger partial charge in [0.25, 0.3) is 0 Å². The predicted octanol–water partition coefficient (Wildman–Crippen LogP) is 5.05. The quantitative estimate of drug-likeness (QED) is 0.354. The van der Waals surface area contributed by atoms with Crippen molar-refractivity contribution < 1.29 is 0 Å². The van der Waals surface area contributed by atoms with Gasteiger partial charge in [-0.2, -0.15) is 0 Å². The molecule has 0 bridgehead atoms. The summed E-state index contributed by atoms with van der Waals surface area (Å²) in [4.78, 5) is 0. The minimum atomic E-state index is -0.898. The average Bonchev–Trinajstić information content (AvgIpc) is 2.19. The first-order valence-electron chi connectivity index (χ1n) is 6.23. The standard InChI is InChI=1S/C12H25ClSi/c1-14(2,11-7-6-10-13)12-8-4-3-5-9-12/h12H,3-11H2,1-2H3. The van der Waals surface area contributed by atoms with Crippen LogP contribution in [0.25, 0.3) is 0 Å². The molecule has 1 saturated carbocycles. The summed E-state index contributed by atoms with van der Waals surface area (Å²) in [6.07, 6.45) is 10.1. The van der Waals surface area contributed by atoms with Gasteiger partial charge < -0.3 is 0 Å². The Kier molecular flexibility index (Phi) is 5.54. The van der Waals surface area contributed by atoms with Crippen molar-refractivity contribution in [2.75, 3.05) is 5.88 Å². The van der Waals surface area contributed by atoms with Gasteiger partial charge in [-0.05, 0) is 12.0 Å². The van der Waals surface area contributed by atoms with Crippen LogP contribution in [0, 0.1) is 0 Å². The zero-order chi connectivity index (χ0) is 10.4. The van der Waals surface area contributed by atoms with E-state index >= 15 is 0 Å². The molecule has 2 heteroatoms. The lowest BCUT2D eigenvalue weighted by Crippen LogP contribution is -2.33. The summed E-state index contributed by atoms with van der Waals surface area (Å²) in [5, 5.41) is 0. The smallest absolute Gasteiger partial charge is 0.0504 e. The molecule has 1 rings (SSSR count). The molecular weight excluding hydrogens is 208 g/mol. The Hall–Kier alpha value is 0.507. The van der Waals surface area contributed by atoms with Crippen LogP contribution in [0.5, 0.6) is 0 Å². The lowest BCUT2D eigenvalue weighted by atomic mass is 10.0. The molecule has 0 nitrogen and oxygen atoms in total. The summed E-state index contributed by atoms with van der Waals surface area (Å²) < 4.78 is 0. The van der Waals surface area contributed by atoms with E-state index in [9.17, 15) is 0 Å². The molecule has 0 N–H and O–H groups in total. The van der Waals surface area contributed by atoms with Crippen LogP contribution in [-0.2, 0) is 0 Å². The Bertz CT molecular complexity index is 150. The first kappa shape index (κ1) is 12.6. The van der Waals surface area contributed by atoms with Gasteiger partial charge >= 0.3 is 0 Å². The SMILES string of the molecule is C[Si](C)(CCCCCl)C1CCCCC1. The van der Waals surface area contributed by atoms with Gasteiger partial charge in [0.1, 0.15) is 0 Å². The van der Waals surface area contributed by atoms with E-state index in [1.165, 1.54) is 51.0 Å². The van der Waals surface area contributed by atoms with Crippen molar-refractivity contribution in [1.29, 1.82) is 0 Å². The molecule has 0 atom stereocenters. The van der Waals surface area contributed by atoms with E-state index in [4.69, 9.17) is 11.6 Å². The van der Waals surface area contributed by atoms with Crippen molar-refractivity contribution >= 4 is 19.7 Å². The molecular formula is C12H25ClSi. The topological polar surface area (TPSA) is 0 Å². The van der Waals surface area contributed by atoms with E-state index in [2.05, 4.69) is 13.1 Å². The van der Waals surface area contributed by atoms with Crippen molar-refractivity contribution in [3.8, 4) is 0 Å². The number of rotatable bonds is 5. The first-order valence-corrected chi connectivity index (χ1v) is 10.0. The highest BCUT2D eigenvalue weighted by atomic mass is 35.5. The second-order valence-electron chi connectivity index (χ2n) is 5.47. The molecule has 14 heavy (non-hydrogen) atoms. The Labute approximate surface area is 95.4 Å². The predicted molar refractivity (Wildman–Crippen MR) is 69.1 cm³/mol. The van der Waals surface area contributed by atoms with Crippen molar-refractivity contribution in [2.24, 2.45) is 0 Å². The zero-order valence-electron chi connectivity index (χ0n) is 9.82. The number of halogens is 1. The molecule has 0 saturated heterocycles. The largest absolute Gasteiger partial charge is 0.127 e. The third kappa shape index (κ3) is 3.94. The minimum Gasteiger partial charge on any atom is -0.127 e. The Morgan fingerprint density at radius 1 is 1.07 bits per heavy atom. The van der Waals surface area contributed by atoms with Gasteiger partial charge in [-0.1, -0.05) is 57.7 Å². The highest BCUT2D eigenvalue weighted by molar-refractivity contribution is 6.78. The summed E-state index contributed by atoms with van der Waals surface area (Å²) in [7, 11) is -0.898. The van der Waals surface area contributed by atoms with Gasteiger partial charge in [-0.15, -0.1) is 11.6 Å². The van der Waals surface area contributed by atoms with E-state index in [0.29, 0.717) is 0 Å². The van der Waals surface area contributed by atoms with Crippen molar-refractivity contribution in [2.45, 2.75) is 69.6 Å². The first-order chi connectivity index (χ1) is 6.67. The maximum atomic E-state index is 5.73. The Morgan fingerprint density at radius 3 is 2.29 bits per heavy atom. The molecule has 0 aliphatic heterocycles. The number of alkyl halides is 1. The molecule has 0 spiro atoms. The van der Waals surface area contributed by atoms with Gasteiger partial charge in [0.15, 0.2) is 0 Å². The highest BCUT2D eigenvalue weighted by Crippen LogP contribution is 2.39. The normalized spacial score (nSPS) is 19.9. The third-order valence-corrected chi connectivity index (χ3v) is 8.61. The fourth-order valence-corrected chi connectivity index (χ4v) is 6.49. The second kappa shape index (κ2) is 6.17. The van der Waals surface area contributed by atoms with Gasteiger partial charge in [-0.25, -0.2) is 0 Å². The lowest BCUT2D eigenvalue weighted by Gasteiger charge is -2.35. The molecule has 0 amide bonds. The van der Waals surface area contributed by atoms with Crippen LogP contribution >= 0.6 is 11.6 Å². The fraction of sp³-hybridized carbons (Fsp3) is 1.00. The van der Waals surface area contributed by atoms with E-state index in [0.717, 1.165) is 11.4 Å². The molecule has 1 aliphatic rings.